The van der Waals surface area contributed by atoms with Gasteiger partial charge in [0.1, 0.15) is 11.4 Å². The Bertz CT molecular complexity index is 468. The Balaban J connectivity index is 2.29. The van der Waals surface area contributed by atoms with Crippen molar-refractivity contribution in [1.29, 1.82) is 0 Å². The number of hydrogen-bond acceptors (Lipinski definition) is 4. The van der Waals surface area contributed by atoms with Gasteiger partial charge in [-0.15, -0.1) is 0 Å². The van der Waals surface area contributed by atoms with Gasteiger partial charge in [-0.25, -0.2) is 0 Å². The highest BCUT2D eigenvalue weighted by Crippen LogP contribution is 2.37. The van der Waals surface area contributed by atoms with Crippen LogP contribution in [-0.2, 0) is 0 Å². The highest BCUT2D eigenvalue weighted by molar-refractivity contribution is 5.77. The molecule has 0 amide bonds. The quantitative estimate of drug-likeness (QED) is 0.659. The number of para-hydroxylation sites is 1. The van der Waals surface area contributed by atoms with E-state index in [4.69, 9.17) is 0 Å². The molecule has 1 aromatic rings. The molecule has 1 heterocycles. The Hall–Kier alpha value is -1.78. The molecular weight excluding hydrogens is 254 g/mol. The maximum Gasteiger partial charge on any atom is 0.315 e. The molecule has 0 aliphatic carbocycles. The average Bonchev–Trinajstić information content (AvgIpc) is 2.45. The zero-order valence-corrected chi connectivity index (χ0v) is 12.3. The molecule has 20 heavy (non-hydrogen) atoms. The maximum absolute atomic E-state index is 11.5. The summed E-state index contributed by atoms with van der Waals surface area (Å²) in [6.07, 6.45) is 3.15. The molecule has 110 valence electrons. The standard InChI is InChI=1S/C15H23N3O2/c1-3-9-16-13-5-4-6-14(15(13)18(19)20)17-10-7-12(2)8-11-17/h4-6,12,16H,3,7-11H2,1-2H3. The second-order valence-electron chi connectivity index (χ2n) is 5.53. The van der Waals surface area contributed by atoms with E-state index >= 15 is 0 Å². The molecule has 0 spiro atoms. The topological polar surface area (TPSA) is 58.4 Å². The van der Waals surface area contributed by atoms with E-state index in [0.29, 0.717) is 11.6 Å². The summed E-state index contributed by atoms with van der Waals surface area (Å²) >= 11 is 0. The van der Waals surface area contributed by atoms with Crippen molar-refractivity contribution in [2.75, 3.05) is 29.9 Å². The largest absolute Gasteiger partial charge is 0.379 e. The van der Waals surface area contributed by atoms with Gasteiger partial charge in [0.2, 0.25) is 0 Å². The Morgan fingerprint density at radius 1 is 1.40 bits per heavy atom. The van der Waals surface area contributed by atoms with Crippen molar-refractivity contribution in [3.05, 3.63) is 28.3 Å². The van der Waals surface area contributed by atoms with Crippen molar-refractivity contribution in [2.45, 2.75) is 33.1 Å². The van der Waals surface area contributed by atoms with Gasteiger partial charge in [0.15, 0.2) is 0 Å². The highest BCUT2D eigenvalue weighted by atomic mass is 16.6. The lowest BCUT2D eigenvalue weighted by Crippen LogP contribution is -2.33. The average molecular weight is 277 g/mol. The van der Waals surface area contributed by atoms with E-state index < -0.39 is 0 Å². The van der Waals surface area contributed by atoms with Crippen LogP contribution >= 0.6 is 0 Å². The molecule has 0 saturated carbocycles. The van der Waals surface area contributed by atoms with Crippen molar-refractivity contribution < 1.29 is 4.92 Å². The van der Waals surface area contributed by atoms with E-state index in [1.165, 1.54) is 0 Å². The van der Waals surface area contributed by atoms with Gasteiger partial charge >= 0.3 is 5.69 Å². The van der Waals surface area contributed by atoms with Crippen molar-refractivity contribution in [1.82, 2.24) is 0 Å². The fourth-order valence-corrected chi connectivity index (χ4v) is 2.63. The van der Waals surface area contributed by atoms with Gasteiger partial charge in [-0.05, 0) is 37.3 Å². The molecule has 0 radical (unpaired) electrons. The first-order valence-corrected chi connectivity index (χ1v) is 7.39. The summed E-state index contributed by atoms with van der Waals surface area (Å²) in [5, 5.41) is 14.6. The zero-order chi connectivity index (χ0) is 14.5. The van der Waals surface area contributed by atoms with Gasteiger partial charge in [-0.1, -0.05) is 19.9 Å². The molecule has 0 aromatic heterocycles. The van der Waals surface area contributed by atoms with Crippen molar-refractivity contribution >= 4 is 17.1 Å². The van der Waals surface area contributed by atoms with E-state index in [-0.39, 0.29) is 10.6 Å². The molecule has 1 saturated heterocycles. The molecule has 1 aromatic carbocycles. The van der Waals surface area contributed by atoms with Crippen molar-refractivity contribution in [2.24, 2.45) is 5.92 Å². The molecule has 1 N–H and O–H groups in total. The summed E-state index contributed by atoms with van der Waals surface area (Å²) in [7, 11) is 0. The van der Waals surface area contributed by atoms with Gasteiger partial charge in [-0.3, -0.25) is 10.1 Å². The summed E-state index contributed by atoms with van der Waals surface area (Å²) in [4.78, 5) is 13.3. The van der Waals surface area contributed by atoms with E-state index in [0.717, 1.165) is 44.6 Å². The van der Waals surface area contributed by atoms with Gasteiger partial charge < -0.3 is 10.2 Å². The third kappa shape index (κ3) is 3.21. The van der Waals surface area contributed by atoms with Crippen LogP contribution in [0.15, 0.2) is 18.2 Å². The Morgan fingerprint density at radius 3 is 2.70 bits per heavy atom. The Kier molecular flexibility index (Phi) is 4.82. The number of nitro groups is 1. The van der Waals surface area contributed by atoms with Crippen LogP contribution in [0.5, 0.6) is 0 Å². The monoisotopic (exact) mass is 277 g/mol. The van der Waals surface area contributed by atoms with Crippen molar-refractivity contribution in [3.63, 3.8) is 0 Å². The first-order chi connectivity index (χ1) is 9.63. The number of nitro benzene ring substituents is 1. The highest BCUT2D eigenvalue weighted by Gasteiger charge is 2.25. The Labute approximate surface area is 120 Å². The van der Waals surface area contributed by atoms with E-state index in [9.17, 15) is 10.1 Å². The van der Waals surface area contributed by atoms with Gasteiger partial charge in [0.05, 0.1) is 4.92 Å². The molecule has 2 rings (SSSR count). The Morgan fingerprint density at radius 2 is 2.10 bits per heavy atom. The second kappa shape index (κ2) is 6.59. The fraction of sp³-hybridized carbons (Fsp3) is 0.600. The lowest BCUT2D eigenvalue weighted by Gasteiger charge is -2.32. The number of nitrogens with zero attached hydrogens (tertiary/aromatic N) is 2. The minimum atomic E-state index is -0.259. The van der Waals surface area contributed by atoms with Crippen LogP contribution in [0.2, 0.25) is 0 Å². The van der Waals surface area contributed by atoms with Gasteiger partial charge in [0.25, 0.3) is 0 Å². The van der Waals surface area contributed by atoms with E-state index in [1.54, 1.807) is 6.07 Å². The molecule has 0 unspecified atom stereocenters. The minimum absolute atomic E-state index is 0.218. The van der Waals surface area contributed by atoms with Crippen LogP contribution in [0, 0.1) is 16.0 Å². The van der Waals surface area contributed by atoms with Crippen LogP contribution in [0.1, 0.15) is 33.1 Å². The number of nitrogens with one attached hydrogen (secondary N) is 1. The first kappa shape index (κ1) is 14.6. The van der Waals surface area contributed by atoms with Crippen LogP contribution < -0.4 is 10.2 Å². The lowest BCUT2D eigenvalue weighted by molar-refractivity contribution is -0.383. The number of anilines is 2. The normalized spacial score (nSPS) is 16.2. The summed E-state index contributed by atoms with van der Waals surface area (Å²) < 4.78 is 0. The zero-order valence-electron chi connectivity index (χ0n) is 12.3. The summed E-state index contributed by atoms with van der Waals surface area (Å²) in [6, 6.07) is 5.56. The molecule has 5 nitrogen and oxygen atoms in total. The lowest BCUT2D eigenvalue weighted by atomic mass is 9.98. The van der Waals surface area contributed by atoms with Crippen molar-refractivity contribution in [3.8, 4) is 0 Å². The number of benzene rings is 1. The third-order valence-electron chi connectivity index (χ3n) is 3.89. The number of piperidine rings is 1. The fourth-order valence-electron chi connectivity index (χ4n) is 2.63. The number of rotatable bonds is 5. The third-order valence-corrected chi connectivity index (χ3v) is 3.89. The van der Waals surface area contributed by atoms with Crippen LogP contribution in [0.3, 0.4) is 0 Å². The minimum Gasteiger partial charge on any atom is -0.379 e. The smallest absolute Gasteiger partial charge is 0.315 e. The van der Waals surface area contributed by atoms with Crippen LogP contribution in [-0.4, -0.2) is 24.6 Å². The SMILES string of the molecule is CCCNc1cccc(N2CCC(C)CC2)c1[N+](=O)[O-]. The van der Waals surface area contributed by atoms with Crippen LogP contribution in [0.25, 0.3) is 0 Å². The molecule has 0 atom stereocenters. The summed E-state index contributed by atoms with van der Waals surface area (Å²) in [5.74, 6) is 0.715. The van der Waals surface area contributed by atoms with E-state index in [1.807, 2.05) is 12.1 Å². The maximum atomic E-state index is 11.5. The molecule has 5 heteroatoms. The molecule has 1 fully saturated rings. The van der Waals surface area contributed by atoms with Gasteiger partial charge in [-0.2, -0.15) is 0 Å². The predicted molar refractivity (Wildman–Crippen MR) is 82.5 cm³/mol. The predicted octanol–water partition coefficient (Wildman–Crippen LogP) is 3.65. The van der Waals surface area contributed by atoms with E-state index in [2.05, 4.69) is 24.1 Å². The summed E-state index contributed by atoms with van der Waals surface area (Å²) in [6.45, 7) is 6.85. The van der Waals surface area contributed by atoms with Gasteiger partial charge in [0, 0.05) is 19.6 Å². The second-order valence-corrected chi connectivity index (χ2v) is 5.53. The molecule has 1 aliphatic heterocycles. The number of hydrogen-bond donors (Lipinski definition) is 1. The molecular formula is C15H23N3O2. The first-order valence-electron chi connectivity index (χ1n) is 7.39. The van der Waals surface area contributed by atoms with Crippen LogP contribution in [0.4, 0.5) is 17.1 Å². The molecule has 1 aliphatic rings. The summed E-state index contributed by atoms with van der Waals surface area (Å²) in [5.41, 5.74) is 1.60. The molecule has 0 bridgehead atoms.